The van der Waals surface area contributed by atoms with Crippen molar-refractivity contribution in [1.29, 1.82) is 0 Å². The highest BCUT2D eigenvalue weighted by Gasteiger charge is 2.25. The highest BCUT2D eigenvalue weighted by atomic mass is 35.5. The minimum atomic E-state index is -0.551. The highest BCUT2D eigenvalue weighted by Crippen LogP contribution is 2.26. The lowest BCUT2D eigenvalue weighted by Crippen LogP contribution is -2.47. The molecule has 5 nitrogen and oxygen atoms in total. The van der Waals surface area contributed by atoms with Crippen molar-refractivity contribution >= 4 is 40.8 Å². The molecule has 0 atom stereocenters. The Balaban J connectivity index is 1.52. The van der Waals surface area contributed by atoms with E-state index >= 15 is 0 Å². The first kappa shape index (κ1) is 19.5. The van der Waals surface area contributed by atoms with Crippen molar-refractivity contribution < 1.29 is 14.0 Å². The third-order valence-electron chi connectivity index (χ3n) is 4.41. The quantitative estimate of drug-likeness (QED) is 0.780. The molecule has 0 spiro atoms. The SMILES string of the molecule is O=C(NC1CCN(C(=O)Nc2cc(Cl)ccc2Cl)CC1)c1ccccc1F. The fraction of sp³-hybridized carbons (Fsp3) is 0.263. The van der Waals surface area contributed by atoms with E-state index in [1.165, 1.54) is 18.2 Å². The van der Waals surface area contributed by atoms with E-state index in [4.69, 9.17) is 23.2 Å². The molecule has 3 amide bonds. The summed E-state index contributed by atoms with van der Waals surface area (Å²) in [6, 6.07) is 10.3. The highest BCUT2D eigenvalue weighted by molar-refractivity contribution is 6.35. The molecule has 1 fully saturated rings. The molecule has 2 aromatic rings. The first-order valence-electron chi connectivity index (χ1n) is 8.50. The van der Waals surface area contributed by atoms with Gasteiger partial charge in [0.05, 0.1) is 16.3 Å². The molecule has 1 aliphatic heterocycles. The van der Waals surface area contributed by atoms with E-state index < -0.39 is 11.7 Å². The number of anilines is 1. The second kappa shape index (κ2) is 8.59. The molecule has 0 saturated carbocycles. The standard InChI is InChI=1S/C19H18Cl2FN3O2/c20-12-5-6-15(21)17(11-12)24-19(27)25-9-7-13(8-10-25)23-18(26)14-3-1-2-4-16(14)22/h1-6,11,13H,7-10H2,(H,23,26)(H,24,27). The van der Waals surface area contributed by atoms with Gasteiger partial charge in [-0.25, -0.2) is 9.18 Å². The largest absolute Gasteiger partial charge is 0.349 e. The van der Waals surface area contributed by atoms with Crippen molar-refractivity contribution in [2.24, 2.45) is 0 Å². The molecule has 1 aliphatic rings. The number of halogens is 3. The molecule has 2 N–H and O–H groups in total. The number of amides is 3. The fourth-order valence-electron chi connectivity index (χ4n) is 2.92. The third kappa shape index (κ3) is 4.90. The summed E-state index contributed by atoms with van der Waals surface area (Å²) in [7, 11) is 0. The van der Waals surface area contributed by atoms with E-state index in [0.29, 0.717) is 41.7 Å². The van der Waals surface area contributed by atoms with Crippen molar-refractivity contribution in [3.63, 3.8) is 0 Å². The van der Waals surface area contributed by atoms with E-state index in [1.54, 1.807) is 29.2 Å². The Hall–Kier alpha value is -2.31. The average Bonchev–Trinajstić information content (AvgIpc) is 2.65. The number of carbonyl (C=O) groups is 2. The molecule has 142 valence electrons. The van der Waals surface area contributed by atoms with Crippen LogP contribution in [0.25, 0.3) is 0 Å². The summed E-state index contributed by atoms with van der Waals surface area (Å²) in [6.45, 7) is 0.929. The number of urea groups is 1. The van der Waals surface area contributed by atoms with Crippen molar-refractivity contribution in [2.45, 2.75) is 18.9 Å². The number of nitrogens with one attached hydrogen (secondary N) is 2. The lowest BCUT2D eigenvalue weighted by atomic mass is 10.0. The van der Waals surface area contributed by atoms with Gasteiger partial charge in [0.25, 0.3) is 5.91 Å². The van der Waals surface area contributed by atoms with Crippen LogP contribution in [-0.4, -0.2) is 36.0 Å². The second-order valence-electron chi connectivity index (χ2n) is 6.27. The summed E-state index contributed by atoms with van der Waals surface area (Å²) in [6.07, 6.45) is 1.16. The second-order valence-corrected chi connectivity index (χ2v) is 7.11. The van der Waals surface area contributed by atoms with Gasteiger partial charge in [0.1, 0.15) is 5.82 Å². The Bertz CT molecular complexity index is 855. The monoisotopic (exact) mass is 409 g/mol. The topological polar surface area (TPSA) is 61.4 Å². The number of rotatable bonds is 3. The predicted molar refractivity (Wildman–Crippen MR) is 104 cm³/mol. The van der Waals surface area contributed by atoms with Gasteiger partial charge in [0.2, 0.25) is 0 Å². The molecular formula is C19H18Cl2FN3O2. The minimum Gasteiger partial charge on any atom is -0.349 e. The predicted octanol–water partition coefficient (Wildman–Crippen LogP) is 4.56. The summed E-state index contributed by atoms with van der Waals surface area (Å²) in [4.78, 5) is 26.2. The van der Waals surface area contributed by atoms with Gasteiger partial charge in [-0.3, -0.25) is 4.79 Å². The fourth-order valence-corrected chi connectivity index (χ4v) is 3.26. The maximum atomic E-state index is 13.7. The lowest BCUT2D eigenvalue weighted by molar-refractivity contribution is 0.0915. The Morgan fingerprint density at radius 1 is 1.07 bits per heavy atom. The Kier molecular flexibility index (Phi) is 6.19. The maximum absolute atomic E-state index is 13.7. The summed E-state index contributed by atoms with van der Waals surface area (Å²) in [5, 5.41) is 6.45. The molecule has 1 saturated heterocycles. The minimum absolute atomic E-state index is 0.0215. The molecule has 0 unspecified atom stereocenters. The van der Waals surface area contributed by atoms with Crippen LogP contribution < -0.4 is 10.6 Å². The summed E-state index contributed by atoms with van der Waals surface area (Å²) >= 11 is 12.0. The molecular weight excluding hydrogens is 392 g/mol. The van der Waals surface area contributed by atoms with Crippen LogP contribution in [-0.2, 0) is 0 Å². The summed E-state index contributed by atoms with van der Waals surface area (Å²) in [5.41, 5.74) is 0.470. The zero-order valence-corrected chi connectivity index (χ0v) is 15.9. The smallest absolute Gasteiger partial charge is 0.321 e. The molecule has 0 aromatic heterocycles. The van der Waals surface area contributed by atoms with Gasteiger partial charge in [-0.1, -0.05) is 35.3 Å². The zero-order chi connectivity index (χ0) is 19.4. The Morgan fingerprint density at radius 3 is 2.48 bits per heavy atom. The summed E-state index contributed by atoms with van der Waals surface area (Å²) in [5.74, 6) is -0.994. The van der Waals surface area contributed by atoms with Crippen LogP contribution in [0.1, 0.15) is 23.2 Å². The number of piperidine rings is 1. The molecule has 1 heterocycles. The van der Waals surface area contributed by atoms with Crippen LogP contribution in [0.5, 0.6) is 0 Å². The lowest BCUT2D eigenvalue weighted by Gasteiger charge is -2.32. The molecule has 0 bridgehead atoms. The van der Waals surface area contributed by atoms with Gasteiger partial charge < -0.3 is 15.5 Å². The molecule has 0 aliphatic carbocycles. The average molecular weight is 410 g/mol. The number of hydrogen-bond donors (Lipinski definition) is 2. The van der Waals surface area contributed by atoms with E-state index in [2.05, 4.69) is 10.6 Å². The van der Waals surface area contributed by atoms with Gasteiger partial charge in [-0.15, -0.1) is 0 Å². The molecule has 8 heteroatoms. The van der Waals surface area contributed by atoms with Gasteiger partial charge >= 0.3 is 6.03 Å². The van der Waals surface area contributed by atoms with Crippen LogP contribution >= 0.6 is 23.2 Å². The van der Waals surface area contributed by atoms with Gasteiger partial charge in [0.15, 0.2) is 0 Å². The first-order valence-corrected chi connectivity index (χ1v) is 9.26. The van der Waals surface area contributed by atoms with Crippen LogP contribution in [0.4, 0.5) is 14.9 Å². The van der Waals surface area contributed by atoms with Crippen LogP contribution in [0.15, 0.2) is 42.5 Å². The molecule has 0 radical (unpaired) electrons. The Morgan fingerprint density at radius 2 is 1.78 bits per heavy atom. The number of benzene rings is 2. The van der Waals surface area contributed by atoms with Crippen LogP contribution in [0.2, 0.25) is 10.0 Å². The van der Waals surface area contributed by atoms with Crippen molar-refractivity contribution in [3.8, 4) is 0 Å². The number of nitrogens with zero attached hydrogens (tertiary/aromatic N) is 1. The molecule has 27 heavy (non-hydrogen) atoms. The maximum Gasteiger partial charge on any atom is 0.321 e. The third-order valence-corrected chi connectivity index (χ3v) is 4.97. The zero-order valence-electron chi connectivity index (χ0n) is 14.3. The van der Waals surface area contributed by atoms with Crippen LogP contribution in [0, 0.1) is 5.82 Å². The van der Waals surface area contributed by atoms with Crippen molar-refractivity contribution in [3.05, 3.63) is 63.9 Å². The van der Waals surface area contributed by atoms with E-state index in [-0.39, 0.29) is 17.6 Å². The normalized spacial score (nSPS) is 14.7. The van der Waals surface area contributed by atoms with Gasteiger partial charge in [-0.05, 0) is 43.2 Å². The number of carbonyl (C=O) groups excluding carboxylic acids is 2. The van der Waals surface area contributed by atoms with E-state index in [9.17, 15) is 14.0 Å². The molecule has 3 rings (SSSR count). The van der Waals surface area contributed by atoms with E-state index in [1.807, 2.05) is 0 Å². The van der Waals surface area contributed by atoms with Crippen molar-refractivity contribution in [2.75, 3.05) is 18.4 Å². The number of hydrogen-bond acceptors (Lipinski definition) is 2. The van der Waals surface area contributed by atoms with Crippen molar-refractivity contribution in [1.82, 2.24) is 10.2 Å². The first-order chi connectivity index (χ1) is 12.9. The van der Waals surface area contributed by atoms with Crippen LogP contribution in [0.3, 0.4) is 0 Å². The molecule has 2 aromatic carbocycles. The van der Waals surface area contributed by atoms with Gasteiger partial charge in [-0.2, -0.15) is 0 Å². The Labute approximate surface area is 166 Å². The van der Waals surface area contributed by atoms with E-state index in [0.717, 1.165) is 0 Å². The number of likely N-dealkylation sites (tertiary alicyclic amines) is 1. The summed E-state index contributed by atoms with van der Waals surface area (Å²) < 4.78 is 13.7. The van der Waals surface area contributed by atoms with Gasteiger partial charge in [0, 0.05) is 24.2 Å².